The van der Waals surface area contributed by atoms with Gasteiger partial charge in [-0.2, -0.15) is 0 Å². The summed E-state index contributed by atoms with van der Waals surface area (Å²) in [4.78, 5) is 26.1. The summed E-state index contributed by atoms with van der Waals surface area (Å²) in [7, 11) is 0. The van der Waals surface area contributed by atoms with E-state index in [9.17, 15) is 9.59 Å². The van der Waals surface area contributed by atoms with Gasteiger partial charge in [-0.05, 0) is 49.8 Å². The first-order valence-electron chi connectivity index (χ1n) is 8.13. The third kappa shape index (κ3) is 3.33. The Kier molecular flexibility index (Phi) is 4.92. The van der Waals surface area contributed by atoms with Gasteiger partial charge in [0.2, 0.25) is 0 Å². The van der Waals surface area contributed by atoms with Crippen LogP contribution < -0.4 is 10.1 Å². The molecule has 1 spiro atoms. The van der Waals surface area contributed by atoms with Crippen LogP contribution in [-0.2, 0) is 4.79 Å². The first-order chi connectivity index (χ1) is 11.4. The van der Waals surface area contributed by atoms with Crippen LogP contribution >= 0.6 is 23.2 Å². The van der Waals surface area contributed by atoms with Crippen molar-refractivity contribution in [1.29, 1.82) is 0 Å². The van der Waals surface area contributed by atoms with Gasteiger partial charge >= 0.3 is 6.03 Å². The quantitative estimate of drug-likeness (QED) is 0.818. The predicted octanol–water partition coefficient (Wildman–Crippen LogP) is 3.87. The summed E-state index contributed by atoms with van der Waals surface area (Å²) in [5.74, 6) is 0.948. The van der Waals surface area contributed by atoms with Crippen molar-refractivity contribution in [2.45, 2.75) is 38.1 Å². The minimum Gasteiger partial charge on any atom is -0.490 e. The summed E-state index contributed by atoms with van der Waals surface area (Å²) in [6.07, 6.45) is 3.33. The molecule has 1 saturated carbocycles. The summed E-state index contributed by atoms with van der Waals surface area (Å²) in [6, 6.07) is 4.60. The molecule has 3 amide bonds. The largest absolute Gasteiger partial charge is 0.490 e. The molecule has 1 aliphatic carbocycles. The van der Waals surface area contributed by atoms with Crippen molar-refractivity contribution in [2.24, 2.45) is 5.92 Å². The molecule has 0 radical (unpaired) electrons. The van der Waals surface area contributed by atoms with Crippen molar-refractivity contribution < 1.29 is 14.3 Å². The van der Waals surface area contributed by atoms with Crippen molar-refractivity contribution in [2.75, 3.05) is 13.2 Å². The number of rotatable bonds is 4. The fraction of sp³-hybridized carbons (Fsp3) is 0.529. The molecule has 1 aliphatic heterocycles. The molecule has 1 aromatic carbocycles. The highest BCUT2D eigenvalue weighted by molar-refractivity contribution is 6.35. The molecular formula is C17H20Cl2N2O3. The van der Waals surface area contributed by atoms with E-state index in [0.717, 1.165) is 12.8 Å². The Morgan fingerprint density at radius 2 is 2.00 bits per heavy atom. The average Bonchev–Trinajstić information content (AvgIpc) is 2.76. The second kappa shape index (κ2) is 6.81. The van der Waals surface area contributed by atoms with Gasteiger partial charge in [0.15, 0.2) is 0 Å². The van der Waals surface area contributed by atoms with Gasteiger partial charge < -0.3 is 10.1 Å². The lowest BCUT2D eigenvalue weighted by Gasteiger charge is -2.33. The van der Waals surface area contributed by atoms with Gasteiger partial charge in [-0.3, -0.25) is 9.69 Å². The van der Waals surface area contributed by atoms with Crippen LogP contribution in [-0.4, -0.2) is 35.5 Å². The van der Waals surface area contributed by atoms with E-state index in [1.54, 1.807) is 18.2 Å². The molecule has 0 unspecified atom stereocenters. The van der Waals surface area contributed by atoms with Gasteiger partial charge in [0.25, 0.3) is 5.91 Å². The van der Waals surface area contributed by atoms with Crippen molar-refractivity contribution in [3.05, 3.63) is 28.2 Å². The minimum atomic E-state index is -0.707. The van der Waals surface area contributed by atoms with Gasteiger partial charge in [-0.15, -0.1) is 0 Å². The Morgan fingerprint density at radius 1 is 1.29 bits per heavy atom. The van der Waals surface area contributed by atoms with Gasteiger partial charge in [-0.25, -0.2) is 4.79 Å². The lowest BCUT2D eigenvalue weighted by Crippen LogP contribution is -2.49. The van der Waals surface area contributed by atoms with E-state index >= 15 is 0 Å². The average molecular weight is 371 g/mol. The van der Waals surface area contributed by atoms with Gasteiger partial charge in [0.1, 0.15) is 17.9 Å². The summed E-state index contributed by atoms with van der Waals surface area (Å²) < 4.78 is 5.58. The Morgan fingerprint density at radius 3 is 2.67 bits per heavy atom. The fourth-order valence-corrected chi connectivity index (χ4v) is 3.78. The van der Waals surface area contributed by atoms with Crippen LogP contribution in [0.25, 0.3) is 0 Å². The van der Waals surface area contributed by atoms with Crippen LogP contribution in [0, 0.1) is 5.92 Å². The zero-order chi connectivity index (χ0) is 17.3. The van der Waals surface area contributed by atoms with E-state index in [0.29, 0.717) is 34.6 Å². The van der Waals surface area contributed by atoms with Crippen LogP contribution in [0.1, 0.15) is 32.6 Å². The number of imide groups is 1. The van der Waals surface area contributed by atoms with Crippen LogP contribution in [0.5, 0.6) is 5.75 Å². The molecule has 0 bridgehead atoms. The van der Waals surface area contributed by atoms with E-state index in [-0.39, 0.29) is 25.1 Å². The highest BCUT2D eigenvalue weighted by Gasteiger charge is 2.51. The number of nitrogens with zero attached hydrogens (tertiary/aromatic N) is 1. The number of carbonyl (C=O) groups is 2. The van der Waals surface area contributed by atoms with E-state index in [2.05, 4.69) is 12.2 Å². The fourth-order valence-electron chi connectivity index (χ4n) is 3.31. The normalized spacial score (nSPS) is 26.8. The van der Waals surface area contributed by atoms with Crippen LogP contribution in [0.2, 0.25) is 10.0 Å². The molecule has 1 N–H and O–H groups in total. The third-order valence-corrected chi connectivity index (χ3v) is 5.37. The molecule has 24 heavy (non-hydrogen) atoms. The molecule has 2 fully saturated rings. The zero-order valence-electron chi connectivity index (χ0n) is 13.5. The molecule has 0 atom stereocenters. The standard InChI is InChI=1S/C17H20Cl2N2O3/c1-11-4-6-17(7-5-11)15(22)21(16(23)20-17)8-9-24-14-3-2-12(18)10-13(14)19/h2-3,10-11H,4-9H2,1H3,(H,20,23). The molecule has 3 rings (SSSR count). The number of amides is 3. The van der Waals surface area contributed by atoms with Crippen LogP contribution in [0.15, 0.2) is 18.2 Å². The van der Waals surface area contributed by atoms with E-state index in [4.69, 9.17) is 27.9 Å². The Hall–Kier alpha value is -1.46. The number of benzene rings is 1. The molecule has 1 aromatic rings. The van der Waals surface area contributed by atoms with Crippen LogP contribution in [0.3, 0.4) is 0 Å². The lowest BCUT2D eigenvalue weighted by molar-refractivity contribution is -0.132. The molecule has 130 valence electrons. The first kappa shape index (κ1) is 17.4. The highest BCUT2D eigenvalue weighted by Crippen LogP contribution is 2.36. The van der Waals surface area contributed by atoms with Crippen molar-refractivity contribution >= 4 is 35.1 Å². The second-order valence-corrected chi connectivity index (χ2v) is 7.42. The zero-order valence-corrected chi connectivity index (χ0v) is 15.0. The first-order valence-corrected chi connectivity index (χ1v) is 8.89. The summed E-state index contributed by atoms with van der Waals surface area (Å²) in [5, 5.41) is 3.82. The summed E-state index contributed by atoms with van der Waals surface area (Å²) >= 11 is 11.9. The van der Waals surface area contributed by atoms with Crippen molar-refractivity contribution in [3.63, 3.8) is 0 Å². The monoisotopic (exact) mass is 370 g/mol. The third-order valence-electron chi connectivity index (χ3n) is 4.84. The van der Waals surface area contributed by atoms with Gasteiger partial charge in [0.05, 0.1) is 11.6 Å². The van der Waals surface area contributed by atoms with E-state index in [1.165, 1.54) is 4.90 Å². The van der Waals surface area contributed by atoms with E-state index in [1.807, 2.05) is 0 Å². The number of nitrogens with one attached hydrogen (secondary N) is 1. The minimum absolute atomic E-state index is 0.134. The summed E-state index contributed by atoms with van der Waals surface area (Å²) in [5.41, 5.74) is -0.707. The maximum Gasteiger partial charge on any atom is 0.325 e. The number of hydrogen-bond donors (Lipinski definition) is 1. The summed E-state index contributed by atoms with van der Waals surface area (Å²) in [6.45, 7) is 2.56. The SMILES string of the molecule is CC1CCC2(CC1)NC(=O)N(CCOc1ccc(Cl)cc1Cl)C2=O. The predicted molar refractivity (Wildman–Crippen MR) is 92.6 cm³/mol. The number of hydrogen-bond acceptors (Lipinski definition) is 3. The molecule has 1 heterocycles. The number of urea groups is 1. The molecule has 1 saturated heterocycles. The molecule has 2 aliphatic rings. The van der Waals surface area contributed by atoms with Crippen molar-refractivity contribution in [3.8, 4) is 5.75 Å². The Bertz CT molecular complexity index is 657. The number of ether oxygens (including phenoxy) is 1. The van der Waals surface area contributed by atoms with Crippen LogP contribution in [0.4, 0.5) is 4.79 Å². The maximum absolute atomic E-state index is 12.7. The number of halogens is 2. The Labute approximate surface area is 151 Å². The molecule has 7 heteroatoms. The maximum atomic E-state index is 12.7. The van der Waals surface area contributed by atoms with Gasteiger partial charge in [-0.1, -0.05) is 30.1 Å². The smallest absolute Gasteiger partial charge is 0.325 e. The van der Waals surface area contributed by atoms with Crippen molar-refractivity contribution in [1.82, 2.24) is 10.2 Å². The highest BCUT2D eigenvalue weighted by atomic mass is 35.5. The Balaban J connectivity index is 1.59. The lowest BCUT2D eigenvalue weighted by atomic mass is 9.77. The van der Waals surface area contributed by atoms with Gasteiger partial charge in [0, 0.05) is 5.02 Å². The molecule has 0 aromatic heterocycles. The second-order valence-electron chi connectivity index (χ2n) is 6.57. The molecule has 5 nitrogen and oxygen atoms in total. The molecular weight excluding hydrogens is 351 g/mol. The van der Waals surface area contributed by atoms with E-state index < -0.39 is 5.54 Å². The topological polar surface area (TPSA) is 58.6 Å². The number of carbonyl (C=O) groups excluding carboxylic acids is 2.